The van der Waals surface area contributed by atoms with Crippen molar-refractivity contribution in [2.45, 2.75) is 26.5 Å². The van der Waals surface area contributed by atoms with E-state index >= 15 is 0 Å². The van der Waals surface area contributed by atoms with E-state index in [4.69, 9.17) is 4.74 Å². The predicted octanol–water partition coefficient (Wildman–Crippen LogP) is 3.91. The van der Waals surface area contributed by atoms with Crippen molar-refractivity contribution in [1.29, 1.82) is 0 Å². The van der Waals surface area contributed by atoms with Crippen LogP contribution in [0.15, 0.2) is 54.7 Å². The molecule has 0 aliphatic heterocycles. The number of phenols is 1. The van der Waals surface area contributed by atoms with Crippen LogP contribution in [0.25, 0.3) is 0 Å². The maximum atomic E-state index is 12.3. The van der Waals surface area contributed by atoms with Crippen LogP contribution in [0.1, 0.15) is 35.8 Å². The largest absolute Gasteiger partial charge is 0.506 e. The predicted molar refractivity (Wildman–Crippen MR) is 106 cm³/mol. The third-order valence-electron chi connectivity index (χ3n) is 4.22. The molecule has 0 saturated heterocycles. The lowest BCUT2D eigenvalue weighted by molar-refractivity contribution is -0.384. The number of aromatic hydroxyl groups is 1. The molecule has 2 N–H and O–H groups in total. The van der Waals surface area contributed by atoms with Crippen molar-refractivity contribution in [2.24, 2.45) is 0 Å². The van der Waals surface area contributed by atoms with E-state index in [0.717, 1.165) is 6.07 Å². The number of aromatic nitrogens is 2. The molecular formula is C20H20N4O5. The zero-order chi connectivity index (χ0) is 21.0. The van der Waals surface area contributed by atoms with Gasteiger partial charge in [-0.3, -0.25) is 14.9 Å². The minimum atomic E-state index is -0.636. The molecule has 0 bridgehead atoms. The van der Waals surface area contributed by atoms with Crippen LogP contribution in [0.4, 0.5) is 11.4 Å². The third-order valence-corrected chi connectivity index (χ3v) is 4.22. The zero-order valence-corrected chi connectivity index (χ0v) is 15.9. The Morgan fingerprint density at radius 3 is 2.59 bits per heavy atom. The van der Waals surface area contributed by atoms with Crippen molar-refractivity contribution >= 4 is 17.3 Å². The van der Waals surface area contributed by atoms with Gasteiger partial charge in [-0.25, -0.2) is 4.68 Å². The highest BCUT2D eigenvalue weighted by Crippen LogP contribution is 2.28. The van der Waals surface area contributed by atoms with Crippen LogP contribution < -0.4 is 10.1 Å². The monoisotopic (exact) mass is 396 g/mol. The second kappa shape index (κ2) is 8.42. The van der Waals surface area contributed by atoms with Crippen molar-refractivity contribution in [1.82, 2.24) is 9.78 Å². The average molecular weight is 396 g/mol. The number of hydrogen-bond donors (Lipinski definition) is 2. The van der Waals surface area contributed by atoms with E-state index in [1.807, 2.05) is 24.3 Å². The molecule has 2 aromatic carbocycles. The SMILES string of the molecule is CC(C)c1ccc(OCn2ccc(C(=O)Nc3ccc([N+](=O)[O-])cc3O)n2)cc1. The Balaban J connectivity index is 1.60. The number of ether oxygens (including phenoxy) is 1. The first kappa shape index (κ1) is 19.9. The van der Waals surface area contributed by atoms with Crippen molar-refractivity contribution in [3.63, 3.8) is 0 Å². The lowest BCUT2D eigenvalue weighted by Gasteiger charge is -2.09. The number of carbonyl (C=O) groups is 1. The van der Waals surface area contributed by atoms with Gasteiger partial charge in [0.1, 0.15) is 11.5 Å². The summed E-state index contributed by atoms with van der Waals surface area (Å²) in [6, 6.07) is 12.7. The smallest absolute Gasteiger partial charge is 0.276 e. The van der Waals surface area contributed by atoms with Gasteiger partial charge < -0.3 is 15.2 Å². The lowest BCUT2D eigenvalue weighted by atomic mass is 10.0. The molecule has 29 heavy (non-hydrogen) atoms. The van der Waals surface area contributed by atoms with Crippen molar-refractivity contribution in [3.05, 3.63) is 76.1 Å². The van der Waals surface area contributed by atoms with Gasteiger partial charge in [-0.2, -0.15) is 5.10 Å². The Bertz CT molecular complexity index is 1030. The summed E-state index contributed by atoms with van der Waals surface area (Å²) in [5.74, 6) is 0.160. The molecule has 1 amide bonds. The van der Waals surface area contributed by atoms with Crippen molar-refractivity contribution in [3.8, 4) is 11.5 Å². The quantitative estimate of drug-likeness (QED) is 0.355. The Hall–Kier alpha value is -3.88. The van der Waals surface area contributed by atoms with Gasteiger partial charge in [-0.1, -0.05) is 26.0 Å². The molecule has 3 rings (SSSR count). The van der Waals surface area contributed by atoms with E-state index in [-0.39, 0.29) is 23.8 Å². The molecule has 0 aliphatic rings. The van der Waals surface area contributed by atoms with Gasteiger partial charge in [0, 0.05) is 12.3 Å². The molecule has 1 aromatic heterocycles. The fourth-order valence-electron chi connectivity index (χ4n) is 2.57. The van der Waals surface area contributed by atoms with Gasteiger partial charge in [0.25, 0.3) is 11.6 Å². The molecule has 3 aromatic rings. The molecule has 0 radical (unpaired) electrons. The van der Waals surface area contributed by atoms with Crippen LogP contribution in [-0.4, -0.2) is 25.7 Å². The number of phenolic OH excluding ortho intramolecular Hbond substituents is 1. The second-order valence-electron chi connectivity index (χ2n) is 6.65. The fraction of sp³-hybridized carbons (Fsp3) is 0.200. The molecule has 1 heterocycles. The summed E-state index contributed by atoms with van der Waals surface area (Å²) in [5.41, 5.74) is 1.10. The van der Waals surface area contributed by atoms with E-state index in [0.29, 0.717) is 11.7 Å². The summed E-state index contributed by atoms with van der Waals surface area (Å²) in [4.78, 5) is 22.4. The first-order valence-corrected chi connectivity index (χ1v) is 8.88. The molecule has 0 fully saturated rings. The number of rotatable bonds is 7. The first-order chi connectivity index (χ1) is 13.8. The van der Waals surface area contributed by atoms with Crippen LogP contribution in [0.5, 0.6) is 11.5 Å². The summed E-state index contributed by atoms with van der Waals surface area (Å²) in [7, 11) is 0. The van der Waals surface area contributed by atoms with Gasteiger partial charge in [-0.05, 0) is 35.7 Å². The Morgan fingerprint density at radius 1 is 1.24 bits per heavy atom. The van der Waals surface area contributed by atoms with Gasteiger partial charge >= 0.3 is 0 Å². The molecular weight excluding hydrogens is 376 g/mol. The molecule has 9 heteroatoms. The molecule has 0 atom stereocenters. The van der Waals surface area contributed by atoms with Crippen LogP contribution >= 0.6 is 0 Å². The maximum Gasteiger partial charge on any atom is 0.276 e. The van der Waals surface area contributed by atoms with E-state index in [2.05, 4.69) is 24.3 Å². The normalized spacial score (nSPS) is 10.7. The summed E-state index contributed by atoms with van der Waals surface area (Å²) in [6.07, 6.45) is 1.59. The molecule has 9 nitrogen and oxygen atoms in total. The van der Waals surface area contributed by atoms with Gasteiger partial charge in [-0.15, -0.1) is 0 Å². The lowest BCUT2D eigenvalue weighted by Crippen LogP contribution is -2.14. The highest BCUT2D eigenvalue weighted by atomic mass is 16.6. The Kier molecular flexibility index (Phi) is 5.77. The van der Waals surface area contributed by atoms with Crippen molar-refractivity contribution < 1.29 is 19.6 Å². The summed E-state index contributed by atoms with van der Waals surface area (Å²) >= 11 is 0. The van der Waals surface area contributed by atoms with Crippen LogP contribution in [0.2, 0.25) is 0 Å². The Labute approximate surface area is 166 Å². The van der Waals surface area contributed by atoms with E-state index in [1.165, 1.54) is 28.4 Å². The second-order valence-corrected chi connectivity index (χ2v) is 6.65. The summed E-state index contributed by atoms with van der Waals surface area (Å²) < 4.78 is 7.12. The average Bonchev–Trinajstić information content (AvgIpc) is 3.17. The number of nitro groups is 1. The number of amides is 1. The summed E-state index contributed by atoms with van der Waals surface area (Å²) in [6.45, 7) is 4.35. The van der Waals surface area contributed by atoms with Gasteiger partial charge in [0.15, 0.2) is 12.4 Å². The highest BCUT2D eigenvalue weighted by molar-refractivity contribution is 6.03. The number of non-ortho nitro benzene ring substituents is 1. The number of hydrogen-bond acceptors (Lipinski definition) is 6. The minimum absolute atomic E-state index is 0.0524. The zero-order valence-electron chi connectivity index (χ0n) is 15.9. The maximum absolute atomic E-state index is 12.3. The Morgan fingerprint density at radius 2 is 1.97 bits per heavy atom. The van der Waals surface area contributed by atoms with Crippen LogP contribution in [0.3, 0.4) is 0 Å². The molecule has 0 spiro atoms. The number of anilines is 1. The summed E-state index contributed by atoms with van der Waals surface area (Å²) in [5, 5.41) is 27.1. The molecule has 0 unspecified atom stereocenters. The number of nitrogens with one attached hydrogen (secondary N) is 1. The number of carbonyl (C=O) groups excluding carboxylic acids is 1. The standard InChI is InChI=1S/C20H20N4O5/c1-13(2)14-3-6-16(7-4-14)29-12-23-10-9-18(22-23)20(26)21-17-8-5-15(24(27)28)11-19(17)25/h3-11,13,25H,12H2,1-2H3,(H,21,26). The number of nitrogens with zero attached hydrogens (tertiary/aromatic N) is 3. The van der Waals surface area contributed by atoms with Crippen molar-refractivity contribution in [2.75, 3.05) is 5.32 Å². The highest BCUT2D eigenvalue weighted by Gasteiger charge is 2.15. The molecule has 150 valence electrons. The number of nitro benzene ring substituents is 1. The third kappa shape index (κ3) is 4.89. The minimum Gasteiger partial charge on any atom is -0.506 e. The van der Waals surface area contributed by atoms with Crippen LogP contribution in [-0.2, 0) is 6.73 Å². The topological polar surface area (TPSA) is 120 Å². The fourth-order valence-corrected chi connectivity index (χ4v) is 2.57. The van der Waals surface area contributed by atoms with E-state index in [1.54, 1.807) is 6.20 Å². The van der Waals surface area contributed by atoms with E-state index < -0.39 is 16.6 Å². The van der Waals surface area contributed by atoms with Gasteiger partial charge in [0.2, 0.25) is 0 Å². The molecule has 0 aliphatic carbocycles. The number of benzene rings is 2. The van der Waals surface area contributed by atoms with Gasteiger partial charge in [0.05, 0.1) is 16.7 Å². The van der Waals surface area contributed by atoms with E-state index in [9.17, 15) is 20.0 Å². The first-order valence-electron chi connectivity index (χ1n) is 8.88. The van der Waals surface area contributed by atoms with Crippen LogP contribution in [0, 0.1) is 10.1 Å². The molecule has 0 saturated carbocycles.